The number of aryl methyl sites for hydroxylation is 1. The number of carbonyl (C=O) groups is 1. The Bertz CT molecular complexity index is 610. The largest absolute Gasteiger partial charge is 0.355 e. The van der Waals surface area contributed by atoms with E-state index in [1.54, 1.807) is 12.3 Å². The van der Waals surface area contributed by atoms with Gasteiger partial charge in [0.2, 0.25) is 0 Å². The predicted octanol–water partition coefficient (Wildman–Crippen LogP) is 3.66. The van der Waals surface area contributed by atoms with Crippen LogP contribution in [-0.2, 0) is 0 Å². The first kappa shape index (κ1) is 15.0. The number of benzene rings is 1. The summed E-state index contributed by atoms with van der Waals surface area (Å²) in [5.74, 6) is -0.128. The van der Waals surface area contributed by atoms with E-state index >= 15 is 0 Å². The zero-order valence-corrected chi connectivity index (χ0v) is 12.5. The number of rotatable bonds is 6. The lowest BCUT2D eigenvalue weighted by Crippen LogP contribution is -2.25. The Balaban J connectivity index is 2.05. The fourth-order valence-corrected chi connectivity index (χ4v) is 1.99. The highest BCUT2D eigenvalue weighted by Crippen LogP contribution is 2.17. The van der Waals surface area contributed by atoms with Crippen molar-refractivity contribution in [2.75, 3.05) is 11.9 Å². The Morgan fingerprint density at radius 3 is 2.76 bits per heavy atom. The monoisotopic (exact) mass is 283 g/mol. The van der Waals surface area contributed by atoms with Crippen LogP contribution in [0.4, 0.5) is 11.4 Å². The van der Waals surface area contributed by atoms with E-state index in [0.29, 0.717) is 12.2 Å². The van der Waals surface area contributed by atoms with Gasteiger partial charge in [0, 0.05) is 24.1 Å². The molecule has 0 aliphatic heterocycles. The average molecular weight is 283 g/mol. The normalized spacial score (nSPS) is 10.2. The van der Waals surface area contributed by atoms with Crippen LogP contribution in [0.5, 0.6) is 0 Å². The molecule has 1 aromatic carbocycles. The maximum Gasteiger partial charge on any atom is 0.269 e. The summed E-state index contributed by atoms with van der Waals surface area (Å²) in [6, 6.07) is 11.7. The van der Waals surface area contributed by atoms with E-state index in [1.807, 2.05) is 31.2 Å². The number of nitrogens with one attached hydrogen (secondary N) is 2. The van der Waals surface area contributed by atoms with E-state index in [0.717, 1.165) is 24.2 Å². The van der Waals surface area contributed by atoms with Crippen molar-refractivity contribution in [3.8, 4) is 0 Å². The molecule has 4 nitrogen and oxygen atoms in total. The zero-order chi connectivity index (χ0) is 15.1. The molecule has 0 spiro atoms. The van der Waals surface area contributed by atoms with Crippen LogP contribution in [0.2, 0.25) is 0 Å². The second-order valence-corrected chi connectivity index (χ2v) is 5.03. The van der Waals surface area contributed by atoms with Crippen molar-refractivity contribution in [2.24, 2.45) is 0 Å². The van der Waals surface area contributed by atoms with Crippen molar-refractivity contribution in [3.05, 3.63) is 53.9 Å². The van der Waals surface area contributed by atoms with Crippen LogP contribution in [0.3, 0.4) is 0 Å². The Morgan fingerprint density at radius 2 is 2.00 bits per heavy atom. The van der Waals surface area contributed by atoms with Gasteiger partial charge in [-0.1, -0.05) is 25.5 Å². The minimum absolute atomic E-state index is 0.128. The number of anilines is 2. The summed E-state index contributed by atoms with van der Waals surface area (Å²) >= 11 is 0. The number of aromatic nitrogens is 1. The summed E-state index contributed by atoms with van der Waals surface area (Å²) < 4.78 is 0. The fraction of sp³-hybridized carbons (Fsp3) is 0.294. The number of unbranched alkanes of at least 4 members (excludes halogenated alkanes) is 1. The second-order valence-electron chi connectivity index (χ2n) is 5.03. The van der Waals surface area contributed by atoms with E-state index in [4.69, 9.17) is 0 Å². The number of hydrogen-bond donors (Lipinski definition) is 2. The Hall–Kier alpha value is -2.36. The number of pyridine rings is 1. The van der Waals surface area contributed by atoms with Crippen molar-refractivity contribution in [3.63, 3.8) is 0 Å². The predicted molar refractivity (Wildman–Crippen MR) is 85.9 cm³/mol. The molecule has 1 heterocycles. The van der Waals surface area contributed by atoms with Gasteiger partial charge < -0.3 is 10.6 Å². The Morgan fingerprint density at radius 1 is 1.19 bits per heavy atom. The lowest BCUT2D eigenvalue weighted by molar-refractivity contribution is 0.0948. The van der Waals surface area contributed by atoms with Gasteiger partial charge in [-0.25, -0.2) is 0 Å². The van der Waals surface area contributed by atoms with Crippen LogP contribution < -0.4 is 10.6 Å². The number of carbonyl (C=O) groups excluding carboxylic acids is 1. The third-order valence-electron chi connectivity index (χ3n) is 3.12. The molecular formula is C17H21N3O. The first-order valence-electron chi connectivity index (χ1n) is 7.27. The molecule has 2 rings (SSSR count). The topological polar surface area (TPSA) is 54.0 Å². The molecule has 0 saturated carbocycles. The smallest absolute Gasteiger partial charge is 0.269 e. The average Bonchev–Trinajstić information content (AvgIpc) is 2.48. The first-order valence-corrected chi connectivity index (χ1v) is 7.27. The molecule has 0 radical (unpaired) electrons. The van der Waals surface area contributed by atoms with Gasteiger partial charge in [-0.2, -0.15) is 0 Å². The molecule has 0 bridgehead atoms. The second kappa shape index (κ2) is 7.43. The van der Waals surface area contributed by atoms with E-state index < -0.39 is 0 Å². The third-order valence-corrected chi connectivity index (χ3v) is 3.12. The molecule has 4 heteroatoms. The molecule has 1 amide bonds. The van der Waals surface area contributed by atoms with Gasteiger partial charge in [-0.05, 0) is 43.2 Å². The van der Waals surface area contributed by atoms with E-state index in [1.165, 1.54) is 5.56 Å². The van der Waals surface area contributed by atoms with E-state index in [9.17, 15) is 4.79 Å². The summed E-state index contributed by atoms with van der Waals surface area (Å²) in [4.78, 5) is 16.1. The summed E-state index contributed by atoms with van der Waals surface area (Å²) in [7, 11) is 0. The standard InChI is InChI=1S/C17H21N3O/c1-3-4-9-19-17(21)16-12-15(8-10-18-16)20-14-7-5-6-13(2)11-14/h5-8,10-12H,3-4,9H2,1-2H3,(H,18,20)(H,19,21). The molecule has 1 aromatic heterocycles. The van der Waals surface area contributed by atoms with E-state index in [2.05, 4.69) is 28.6 Å². The Labute approximate surface area is 125 Å². The van der Waals surface area contributed by atoms with Gasteiger partial charge in [-0.15, -0.1) is 0 Å². The van der Waals surface area contributed by atoms with Gasteiger partial charge in [-0.3, -0.25) is 9.78 Å². The minimum atomic E-state index is -0.128. The number of amides is 1. The van der Waals surface area contributed by atoms with Crippen molar-refractivity contribution in [1.82, 2.24) is 10.3 Å². The molecule has 110 valence electrons. The molecule has 0 saturated heterocycles. The fourth-order valence-electron chi connectivity index (χ4n) is 1.99. The van der Waals surface area contributed by atoms with E-state index in [-0.39, 0.29) is 5.91 Å². The van der Waals surface area contributed by atoms with Crippen molar-refractivity contribution in [1.29, 1.82) is 0 Å². The molecule has 0 unspecified atom stereocenters. The SMILES string of the molecule is CCCCNC(=O)c1cc(Nc2cccc(C)c2)ccn1. The van der Waals surface area contributed by atoms with Gasteiger partial charge in [0.1, 0.15) is 5.69 Å². The lowest BCUT2D eigenvalue weighted by atomic mass is 10.2. The van der Waals surface area contributed by atoms with Gasteiger partial charge in [0.15, 0.2) is 0 Å². The number of hydrogen-bond acceptors (Lipinski definition) is 3. The molecule has 0 aliphatic carbocycles. The highest BCUT2D eigenvalue weighted by Gasteiger charge is 2.07. The molecular weight excluding hydrogens is 262 g/mol. The summed E-state index contributed by atoms with van der Waals surface area (Å²) in [6.07, 6.45) is 3.68. The quantitative estimate of drug-likeness (QED) is 0.795. The lowest BCUT2D eigenvalue weighted by Gasteiger charge is -2.09. The summed E-state index contributed by atoms with van der Waals surface area (Å²) in [6.45, 7) is 4.83. The van der Waals surface area contributed by atoms with Gasteiger partial charge in [0.25, 0.3) is 5.91 Å². The zero-order valence-electron chi connectivity index (χ0n) is 12.5. The highest BCUT2D eigenvalue weighted by molar-refractivity contribution is 5.93. The minimum Gasteiger partial charge on any atom is -0.355 e. The highest BCUT2D eigenvalue weighted by atomic mass is 16.1. The van der Waals surface area contributed by atoms with Crippen LogP contribution in [0.15, 0.2) is 42.6 Å². The van der Waals surface area contributed by atoms with Gasteiger partial charge in [0.05, 0.1) is 0 Å². The van der Waals surface area contributed by atoms with Crippen molar-refractivity contribution in [2.45, 2.75) is 26.7 Å². The molecule has 0 aliphatic rings. The molecule has 0 atom stereocenters. The molecule has 21 heavy (non-hydrogen) atoms. The van der Waals surface area contributed by atoms with Crippen LogP contribution in [-0.4, -0.2) is 17.4 Å². The van der Waals surface area contributed by atoms with Crippen LogP contribution >= 0.6 is 0 Å². The Kier molecular flexibility index (Phi) is 5.32. The van der Waals surface area contributed by atoms with Crippen molar-refractivity contribution >= 4 is 17.3 Å². The first-order chi connectivity index (χ1) is 10.2. The summed E-state index contributed by atoms with van der Waals surface area (Å²) in [5.41, 5.74) is 3.48. The van der Waals surface area contributed by atoms with Gasteiger partial charge >= 0.3 is 0 Å². The molecule has 2 N–H and O–H groups in total. The molecule has 2 aromatic rings. The summed E-state index contributed by atoms with van der Waals surface area (Å²) in [5, 5.41) is 6.16. The van der Waals surface area contributed by atoms with Crippen LogP contribution in [0.1, 0.15) is 35.8 Å². The number of nitrogens with zero attached hydrogens (tertiary/aromatic N) is 1. The van der Waals surface area contributed by atoms with Crippen LogP contribution in [0.25, 0.3) is 0 Å². The van der Waals surface area contributed by atoms with Crippen LogP contribution in [0, 0.1) is 6.92 Å². The maximum atomic E-state index is 12.0. The molecule has 0 fully saturated rings. The maximum absolute atomic E-state index is 12.0. The van der Waals surface area contributed by atoms with Crippen molar-refractivity contribution < 1.29 is 4.79 Å². The third kappa shape index (κ3) is 4.60.